The molecule has 0 bridgehead atoms. The first-order valence-electron chi connectivity index (χ1n) is 7.83. The van der Waals surface area contributed by atoms with Crippen LogP contribution >= 0.6 is 0 Å². The van der Waals surface area contributed by atoms with E-state index in [1.165, 1.54) is 12.8 Å². The van der Waals surface area contributed by atoms with Gasteiger partial charge in [-0.15, -0.1) is 0 Å². The van der Waals surface area contributed by atoms with Crippen molar-refractivity contribution in [3.63, 3.8) is 0 Å². The van der Waals surface area contributed by atoms with Gasteiger partial charge in [-0.3, -0.25) is 9.69 Å². The number of hydrogen-bond donors (Lipinski definition) is 1. The number of furan rings is 1. The maximum atomic E-state index is 12.5. The van der Waals surface area contributed by atoms with Gasteiger partial charge in [-0.2, -0.15) is 0 Å². The number of nitrogens with one attached hydrogen (secondary N) is 1. The van der Waals surface area contributed by atoms with Gasteiger partial charge >= 0.3 is 0 Å². The molecule has 1 fully saturated rings. The highest BCUT2D eigenvalue weighted by Gasteiger charge is 2.31. The molecular weight excluding hydrogens is 280 g/mol. The minimum absolute atomic E-state index is 0.0929. The molecule has 2 aromatic heterocycles. The summed E-state index contributed by atoms with van der Waals surface area (Å²) in [5, 5.41) is 3.09. The zero-order valence-electron chi connectivity index (χ0n) is 12.4. The average molecular weight is 300 g/mol. The molecule has 2 aliphatic rings. The van der Waals surface area contributed by atoms with Crippen LogP contribution in [0.5, 0.6) is 0 Å². The molecule has 0 spiro atoms. The first kappa shape index (κ1) is 13.6. The Hall–Kier alpha value is -2.08. The van der Waals surface area contributed by atoms with Crippen LogP contribution in [0, 0.1) is 5.92 Å². The Morgan fingerprint density at radius 1 is 1.45 bits per heavy atom. The lowest BCUT2D eigenvalue weighted by molar-refractivity contribution is -0.125. The maximum absolute atomic E-state index is 12.5. The fraction of sp³-hybridized carbons (Fsp3) is 0.500. The van der Waals surface area contributed by atoms with Crippen molar-refractivity contribution in [1.29, 1.82) is 0 Å². The number of carbonyl (C=O) groups is 1. The monoisotopic (exact) mass is 300 g/mol. The number of carbonyl (C=O) groups excluding carboxylic acids is 1. The summed E-state index contributed by atoms with van der Waals surface area (Å²) < 4.78 is 7.42. The van der Waals surface area contributed by atoms with E-state index in [9.17, 15) is 4.79 Å². The summed E-state index contributed by atoms with van der Waals surface area (Å²) in [6.45, 7) is 2.98. The molecule has 0 radical (unpaired) electrons. The Kier molecular flexibility index (Phi) is 3.46. The lowest BCUT2D eigenvalue weighted by Gasteiger charge is -2.33. The Labute approximate surface area is 129 Å². The van der Waals surface area contributed by atoms with Crippen LogP contribution in [0.2, 0.25) is 0 Å². The summed E-state index contributed by atoms with van der Waals surface area (Å²) in [4.78, 5) is 19.0. The molecule has 4 rings (SSSR count). The molecule has 1 saturated carbocycles. The zero-order chi connectivity index (χ0) is 14.9. The third kappa shape index (κ3) is 2.78. The van der Waals surface area contributed by atoms with Gasteiger partial charge in [0.1, 0.15) is 11.8 Å². The van der Waals surface area contributed by atoms with E-state index in [4.69, 9.17) is 4.42 Å². The van der Waals surface area contributed by atoms with Crippen molar-refractivity contribution >= 4 is 5.91 Å². The second-order valence-electron chi connectivity index (χ2n) is 6.25. The van der Waals surface area contributed by atoms with Gasteiger partial charge in [0.25, 0.3) is 0 Å². The van der Waals surface area contributed by atoms with Crippen molar-refractivity contribution in [2.24, 2.45) is 5.92 Å². The molecule has 1 amide bonds. The van der Waals surface area contributed by atoms with Crippen molar-refractivity contribution in [2.45, 2.75) is 32.0 Å². The van der Waals surface area contributed by atoms with E-state index in [1.54, 1.807) is 12.6 Å². The van der Waals surface area contributed by atoms with Crippen LogP contribution in [0.4, 0.5) is 0 Å². The predicted octanol–water partition coefficient (Wildman–Crippen LogP) is 1.56. The Morgan fingerprint density at radius 2 is 2.36 bits per heavy atom. The molecule has 1 N–H and O–H groups in total. The Bertz CT molecular complexity index is 645. The molecule has 6 heteroatoms. The normalized spacial score (nSPS) is 21.5. The minimum Gasteiger partial charge on any atom is -0.468 e. The number of fused-ring (bicyclic) bond motifs is 1. The smallest absolute Gasteiger partial charge is 0.244 e. The molecule has 0 saturated heterocycles. The van der Waals surface area contributed by atoms with E-state index in [0.29, 0.717) is 19.0 Å². The molecule has 0 aromatic carbocycles. The topological polar surface area (TPSA) is 63.3 Å². The Morgan fingerprint density at radius 3 is 3.14 bits per heavy atom. The summed E-state index contributed by atoms with van der Waals surface area (Å²) in [6.07, 6.45) is 7.78. The number of amides is 1. The fourth-order valence-electron chi connectivity index (χ4n) is 3.00. The van der Waals surface area contributed by atoms with Crippen LogP contribution in [0.3, 0.4) is 0 Å². The van der Waals surface area contributed by atoms with E-state index in [2.05, 4.69) is 15.2 Å². The number of nitrogens with zero attached hydrogens (tertiary/aromatic N) is 3. The van der Waals surface area contributed by atoms with Crippen LogP contribution in [-0.2, 0) is 17.9 Å². The lowest BCUT2D eigenvalue weighted by atomic mass is 10.1. The van der Waals surface area contributed by atoms with Crippen LogP contribution in [0.1, 0.15) is 30.3 Å². The first-order valence-corrected chi connectivity index (χ1v) is 7.83. The van der Waals surface area contributed by atoms with Crippen LogP contribution in [0.25, 0.3) is 0 Å². The van der Waals surface area contributed by atoms with Gasteiger partial charge < -0.3 is 14.3 Å². The maximum Gasteiger partial charge on any atom is 0.244 e. The highest BCUT2D eigenvalue weighted by Crippen LogP contribution is 2.28. The summed E-state index contributed by atoms with van der Waals surface area (Å²) in [7, 11) is 0. The summed E-state index contributed by atoms with van der Waals surface area (Å²) in [6, 6.07) is 3.65. The van der Waals surface area contributed by atoms with E-state index in [0.717, 1.165) is 24.5 Å². The van der Waals surface area contributed by atoms with Gasteiger partial charge in [0.15, 0.2) is 0 Å². The standard InChI is InChI=1S/C16H20N4O2/c21-16(18-6-12-3-4-12)15-10-19(9-14-2-1-5-22-14)8-13-7-17-11-20(13)15/h1-2,5,7,11-12,15H,3-4,6,8-10H2,(H,18,21). The molecule has 1 atom stereocenters. The van der Waals surface area contributed by atoms with Gasteiger partial charge in [0.05, 0.1) is 24.8 Å². The molecule has 6 nitrogen and oxygen atoms in total. The third-order valence-electron chi connectivity index (χ3n) is 4.42. The highest BCUT2D eigenvalue weighted by atomic mass is 16.3. The largest absolute Gasteiger partial charge is 0.468 e. The molecule has 1 aliphatic heterocycles. The van der Waals surface area contributed by atoms with Gasteiger partial charge in [-0.05, 0) is 30.9 Å². The first-order chi connectivity index (χ1) is 10.8. The SMILES string of the molecule is O=C(NCC1CC1)C1CN(Cc2ccco2)Cc2cncn21. The van der Waals surface area contributed by atoms with Crippen LogP contribution < -0.4 is 5.32 Å². The van der Waals surface area contributed by atoms with Gasteiger partial charge in [-0.25, -0.2) is 4.98 Å². The number of imidazole rings is 1. The Balaban J connectivity index is 1.48. The quantitative estimate of drug-likeness (QED) is 0.910. The van der Waals surface area contributed by atoms with E-state index in [1.807, 2.05) is 22.9 Å². The summed E-state index contributed by atoms with van der Waals surface area (Å²) >= 11 is 0. The molecule has 1 unspecified atom stereocenters. The predicted molar refractivity (Wildman–Crippen MR) is 79.8 cm³/mol. The van der Waals surface area contributed by atoms with Crippen molar-refractivity contribution in [3.05, 3.63) is 42.4 Å². The van der Waals surface area contributed by atoms with E-state index < -0.39 is 0 Å². The second-order valence-corrected chi connectivity index (χ2v) is 6.25. The van der Waals surface area contributed by atoms with Crippen LogP contribution in [-0.4, -0.2) is 33.4 Å². The fourth-order valence-corrected chi connectivity index (χ4v) is 3.00. The lowest BCUT2D eigenvalue weighted by Crippen LogP contribution is -2.44. The number of rotatable bonds is 5. The van der Waals surface area contributed by atoms with E-state index in [-0.39, 0.29) is 11.9 Å². The van der Waals surface area contributed by atoms with E-state index >= 15 is 0 Å². The van der Waals surface area contributed by atoms with Gasteiger partial charge in [0, 0.05) is 25.8 Å². The molecule has 116 valence electrons. The zero-order valence-corrected chi connectivity index (χ0v) is 12.4. The average Bonchev–Trinajstić information content (AvgIpc) is 2.98. The summed E-state index contributed by atoms with van der Waals surface area (Å²) in [5.41, 5.74) is 1.07. The third-order valence-corrected chi connectivity index (χ3v) is 4.42. The second kappa shape index (κ2) is 5.61. The van der Waals surface area contributed by atoms with Gasteiger partial charge in [-0.1, -0.05) is 0 Å². The molecule has 1 aliphatic carbocycles. The molecule has 22 heavy (non-hydrogen) atoms. The van der Waals surface area contributed by atoms with Crippen LogP contribution in [0.15, 0.2) is 35.3 Å². The highest BCUT2D eigenvalue weighted by molar-refractivity contribution is 5.80. The summed E-state index contributed by atoms with van der Waals surface area (Å²) in [5.74, 6) is 1.70. The number of aromatic nitrogens is 2. The van der Waals surface area contributed by atoms with Crippen molar-refractivity contribution in [2.75, 3.05) is 13.1 Å². The number of hydrogen-bond acceptors (Lipinski definition) is 4. The van der Waals surface area contributed by atoms with Crippen molar-refractivity contribution in [3.8, 4) is 0 Å². The van der Waals surface area contributed by atoms with Crippen molar-refractivity contribution < 1.29 is 9.21 Å². The van der Waals surface area contributed by atoms with Crippen molar-refractivity contribution in [1.82, 2.24) is 19.8 Å². The minimum atomic E-state index is -0.208. The van der Waals surface area contributed by atoms with Gasteiger partial charge in [0.2, 0.25) is 5.91 Å². The molecule has 3 heterocycles. The molecule has 2 aromatic rings. The molecular formula is C16H20N4O2.